The van der Waals surface area contributed by atoms with Crippen LogP contribution < -0.4 is 10.9 Å². The molecule has 1 aliphatic heterocycles. The first-order valence-corrected chi connectivity index (χ1v) is 7.03. The summed E-state index contributed by atoms with van der Waals surface area (Å²) in [5.41, 5.74) is 1.46. The number of nitrogens with one attached hydrogen (secondary N) is 1. The Morgan fingerprint density at radius 1 is 1.35 bits per heavy atom. The molecule has 1 fully saturated rings. The van der Waals surface area contributed by atoms with E-state index < -0.39 is 0 Å². The van der Waals surface area contributed by atoms with Gasteiger partial charge in [-0.25, -0.2) is 9.78 Å². The smallest absolute Gasteiger partial charge is 0.346 e. The molecule has 2 heterocycles. The van der Waals surface area contributed by atoms with Crippen LogP contribution in [0, 0.1) is 12.8 Å². The molecule has 0 saturated carbocycles. The molecule has 3 rings (SSSR count). The van der Waals surface area contributed by atoms with Gasteiger partial charge in [-0.2, -0.15) is 0 Å². The Balaban J connectivity index is 1.88. The van der Waals surface area contributed by atoms with Gasteiger partial charge in [0.1, 0.15) is 0 Å². The maximum Gasteiger partial charge on any atom is 0.346 e. The predicted octanol–water partition coefficient (Wildman–Crippen LogP) is 2.51. The highest BCUT2D eigenvalue weighted by Crippen LogP contribution is 2.17. The molecule has 1 aromatic carbocycles. The van der Waals surface area contributed by atoms with Crippen LogP contribution in [0.1, 0.15) is 24.3 Å². The minimum Gasteiger partial charge on any atom is -0.408 e. The van der Waals surface area contributed by atoms with Crippen molar-refractivity contribution in [3.8, 4) is 0 Å². The Bertz CT molecular complexity index is 697. The molecular formula is C16H18N2O2. The highest BCUT2D eigenvalue weighted by molar-refractivity contribution is 5.79. The van der Waals surface area contributed by atoms with Gasteiger partial charge < -0.3 is 9.73 Å². The molecule has 0 unspecified atom stereocenters. The molecule has 1 aromatic heterocycles. The minimum atomic E-state index is -0.318. The monoisotopic (exact) mass is 270 g/mol. The molecule has 0 bridgehead atoms. The van der Waals surface area contributed by atoms with Crippen LogP contribution in [0.2, 0.25) is 0 Å². The number of piperidine rings is 1. The quantitative estimate of drug-likeness (QED) is 0.911. The zero-order valence-electron chi connectivity index (χ0n) is 11.6. The van der Waals surface area contributed by atoms with Crippen LogP contribution in [-0.2, 0) is 0 Å². The summed E-state index contributed by atoms with van der Waals surface area (Å²) in [5.74, 6) is 1.05. The molecule has 0 amide bonds. The Morgan fingerprint density at radius 2 is 2.15 bits per heavy atom. The molecular weight excluding hydrogens is 252 g/mol. The topological polar surface area (TPSA) is 55.1 Å². The summed E-state index contributed by atoms with van der Waals surface area (Å²) in [6, 6.07) is 5.67. The van der Waals surface area contributed by atoms with Crippen molar-refractivity contribution in [1.29, 1.82) is 0 Å². The van der Waals surface area contributed by atoms with Crippen molar-refractivity contribution in [1.82, 2.24) is 10.3 Å². The van der Waals surface area contributed by atoms with Crippen molar-refractivity contribution in [3.05, 3.63) is 46.1 Å². The number of rotatable bonds is 2. The van der Waals surface area contributed by atoms with E-state index in [-0.39, 0.29) is 5.63 Å². The number of fused-ring (bicyclic) bond motifs is 1. The number of hydrogen-bond donors (Lipinski definition) is 1. The molecule has 0 radical (unpaired) electrons. The zero-order chi connectivity index (χ0) is 13.9. The third-order valence-corrected chi connectivity index (χ3v) is 3.70. The fourth-order valence-corrected chi connectivity index (χ4v) is 2.58. The Hall–Kier alpha value is -1.94. The molecule has 0 spiro atoms. The van der Waals surface area contributed by atoms with E-state index in [9.17, 15) is 4.79 Å². The van der Waals surface area contributed by atoms with Crippen LogP contribution in [0.15, 0.2) is 33.5 Å². The number of aryl methyl sites for hydroxylation is 1. The second-order valence-corrected chi connectivity index (χ2v) is 5.24. The minimum absolute atomic E-state index is 0.318. The van der Waals surface area contributed by atoms with Crippen molar-refractivity contribution in [3.63, 3.8) is 0 Å². The Morgan fingerprint density at radius 3 is 2.95 bits per heavy atom. The van der Waals surface area contributed by atoms with Gasteiger partial charge in [0, 0.05) is 6.92 Å². The van der Waals surface area contributed by atoms with Crippen molar-refractivity contribution < 1.29 is 4.42 Å². The molecule has 2 aromatic rings. The summed E-state index contributed by atoms with van der Waals surface area (Å²) in [7, 11) is 0. The van der Waals surface area contributed by atoms with Gasteiger partial charge in [-0.3, -0.25) is 0 Å². The van der Waals surface area contributed by atoms with E-state index >= 15 is 0 Å². The van der Waals surface area contributed by atoms with Gasteiger partial charge in [-0.1, -0.05) is 18.2 Å². The number of benzene rings is 1. The lowest BCUT2D eigenvalue weighted by Gasteiger charge is -2.19. The van der Waals surface area contributed by atoms with Gasteiger partial charge >= 0.3 is 5.63 Å². The summed E-state index contributed by atoms with van der Waals surface area (Å²) >= 11 is 0. The Kier molecular flexibility index (Phi) is 3.65. The number of aromatic nitrogens is 1. The third kappa shape index (κ3) is 2.80. The van der Waals surface area contributed by atoms with Crippen molar-refractivity contribution in [2.45, 2.75) is 19.8 Å². The van der Waals surface area contributed by atoms with Gasteiger partial charge in [-0.05, 0) is 49.5 Å². The first kappa shape index (κ1) is 13.1. The van der Waals surface area contributed by atoms with Crippen molar-refractivity contribution >= 4 is 17.0 Å². The number of allylic oxidation sites excluding steroid dienone is 1. The fourth-order valence-electron chi connectivity index (χ4n) is 2.58. The second-order valence-electron chi connectivity index (χ2n) is 5.24. The van der Waals surface area contributed by atoms with Gasteiger partial charge in [0.15, 0.2) is 5.89 Å². The summed E-state index contributed by atoms with van der Waals surface area (Å²) in [5, 5.41) is 3.90. The highest BCUT2D eigenvalue weighted by Gasteiger charge is 2.09. The summed E-state index contributed by atoms with van der Waals surface area (Å²) in [4.78, 5) is 16.0. The number of nitrogens with zero attached hydrogens (tertiary/aromatic N) is 1. The lowest BCUT2D eigenvalue weighted by atomic mass is 9.97. The SMILES string of the molecule is Cc1nc2cc(C=CC3CCNCC3)ccc2c(=O)o1. The molecule has 20 heavy (non-hydrogen) atoms. The number of hydrogen-bond acceptors (Lipinski definition) is 4. The highest BCUT2D eigenvalue weighted by atomic mass is 16.4. The molecule has 1 N–H and O–H groups in total. The Labute approximate surface area is 117 Å². The van der Waals surface area contributed by atoms with Gasteiger partial charge in [0.05, 0.1) is 10.9 Å². The van der Waals surface area contributed by atoms with Crippen LogP contribution in [0.5, 0.6) is 0 Å². The molecule has 4 nitrogen and oxygen atoms in total. The zero-order valence-corrected chi connectivity index (χ0v) is 11.6. The lowest BCUT2D eigenvalue weighted by molar-refractivity contribution is 0.438. The average Bonchev–Trinajstić information content (AvgIpc) is 2.45. The normalized spacial score (nSPS) is 17.1. The summed E-state index contributed by atoms with van der Waals surface area (Å²) < 4.78 is 4.99. The van der Waals surface area contributed by atoms with Crippen LogP contribution in [-0.4, -0.2) is 18.1 Å². The van der Waals surface area contributed by atoms with E-state index in [4.69, 9.17) is 4.42 Å². The largest absolute Gasteiger partial charge is 0.408 e. The maximum absolute atomic E-state index is 11.7. The first-order chi connectivity index (χ1) is 9.72. The van der Waals surface area contributed by atoms with E-state index in [1.165, 1.54) is 12.8 Å². The average molecular weight is 270 g/mol. The van der Waals surface area contributed by atoms with Crippen molar-refractivity contribution in [2.24, 2.45) is 5.92 Å². The van der Waals surface area contributed by atoms with E-state index in [1.807, 2.05) is 12.1 Å². The molecule has 1 aliphatic rings. The maximum atomic E-state index is 11.7. The lowest BCUT2D eigenvalue weighted by Crippen LogP contribution is -2.26. The van der Waals surface area contributed by atoms with Crippen molar-refractivity contribution in [2.75, 3.05) is 13.1 Å². The molecule has 0 aliphatic carbocycles. The van der Waals surface area contributed by atoms with E-state index in [0.717, 1.165) is 18.7 Å². The summed E-state index contributed by atoms with van der Waals surface area (Å²) in [6.07, 6.45) is 6.76. The van der Waals surface area contributed by atoms with Gasteiger partial charge in [-0.15, -0.1) is 0 Å². The third-order valence-electron chi connectivity index (χ3n) is 3.70. The van der Waals surface area contributed by atoms with Crippen LogP contribution in [0.3, 0.4) is 0 Å². The van der Waals surface area contributed by atoms with E-state index in [0.29, 0.717) is 22.7 Å². The first-order valence-electron chi connectivity index (χ1n) is 7.03. The standard InChI is InChI=1S/C16H18N2O2/c1-11-18-15-10-13(4-5-14(15)16(19)20-11)3-2-12-6-8-17-9-7-12/h2-5,10,12,17H,6-9H2,1H3. The van der Waals surface area contributed by atoms with Gasteiger partial charge in [0.2, 0.25) is 0 Å². The van der Waals surface area contributed by atoms with Crippen LogP contribution in [0.4, 0.5) is 0 Å². The predicted molar refractivity (Wildman–Crippen MR) is 79.6 cm³/mol. The summed E-state index contributed by atoms with van der Waals surface area (Å²) in [6.45, 7) is 3.88. The van der Waals surface area contributed by atoms with Crippen LogP contribution >= 0.6 is 0 Å². The molecule has 0 atom stereocenters. The molecule has 1 saturated heterocycles. The van der Waals surface area contributed by atoms with E-state index in [1.54, 1.807) is 13.0 Å². The fraction of sp³-hybridized carbons (Fsp3) is 0.375. The van der Waals surface area contributed by atoms with E-state index in [2.05, 4.69) is 22.5 Å². The second kappa shape index (κ2) is 5.59. The van der Waals surface area contributed by atoms with Gasteiger partial charge in [0.25, 0.3) is 0 Å². The molecule has 104 valence electrons. The molecule has 4 heteroatoms. The van der Waals surface area contributed by atoms with Crippen LogP contribution in [0.25, 0.3) is 17.0 Å².